The van der Waals surface area contributed by atoms with Gasteiger partial charge in [-0.3, -0.25) is 9.69 Å². The molecule has 0 saturated carbocycles. The molecule has 1 amide bonds. The van der Waals surface area contributed by atoms with Crippen molar-refractivity contribution in [3.8, 4) is 0 Å². The minimum atomic E-state index is -0.176. The maximum atomic E-state index is 12.1. The lowest BCUT2D eigenvalue weighted by Crippen LogP contribution is -2.30. The Morgan fingerprint density at radius 3 is 2.61 bits per heavy atom. The fourth-order valence-corrected chi connectivity index (χ4v) is 2.86. The number of nitrogens with one attached hydrogen (secondary N) is 1. The molecule has 0 aliphatic rings. The van der Waals surface area contributed by atoms with Crippen LogP contribution in [0.25, 0.3) is 0 Å². The van der Waals surface area contributed by atoms with Crippen molar-refractivity contribution in [2.24, 2.45) is 0 Å². The van der Waals surface area contributed by atoms with Gasteiger partial charge in [0.15, 0.2) is 5.82 Å². The van der Waals surface area contributed by atoms with E-state index in [0.717, 1.165) is 5.56 Å². The highest BCUT2D eigenvalue weighted by Gasteiger charge is 2.11. The van der Waals surface area contributed by atoms with Gasteiger partial charge in [0.1, 0.15) is 0 Å². The first-order chi connectivity index (χ1) is 11.0. The smallest absolute Gasteiger partial charge is 0.239 e. The molecule has 0 unspecified atom stereocenters. The van der Waals surface area contributed by atoms with Gasteiger partial charge in [-0.05, 0) is 37.1 Å². The van der Waals surface area contributed by atoms with E-state index in [2.05, 4.69) is 34.6 Å². The van der Waals surface area contributed by atoms with Gasteiger partial charge < -0.3 is 5.32 Å². The van der Waals surface area contributed by atoms with Crippen LogP contribution in [0.4, 0.5) is 5.82 Å². The second kappa shape index (κ2) is 8.55. The van der Waals surface area contributed by atoms with Crippen LogP contribution in [0.3, 0.4) is 0 Å². The van der Waals surface area contributed by atoms with Crippen molar-refractivity contribution >= 4 is 46.7 Å². The summed E-state index contributed by atoms with van der Waals surface area (Å²) >= 11 is 13.5. The first-order valence-corrected chi connectivity index (χ1v) is 8.88. The van der Waals surface area contributed by atoms with Crippen LogP contribution in [0.2, 0.25) is 10.0 Å². The van der Waals surface area contributed by atoms with Gasteiger partial charge in [0.05, 0.1) is 16.6 Å². The first-order valence-electron chi connectivity index (χ1n) is 6.90. The topological polar surface area (TPSA) is 45.2 Å². The molecular formula is C16H17Cl2N3OS. The van der Waals surface area contributed by atoms with Gasteiger partial charge in [0, 0.05) is 17.6 Å². The van der Waals surface area contributed by atoms with Crippen molar-refractivity contribution in [3.63, 3.8) is 0 Å². The van der Waals surface area contributed by atoms with Crippen molar-refractivity contribution in [3.05, 3.63) is 52.1 Å². The summed E-state index contributed by atoms with van der Waals surface area (Å²) in [4.78, 5) is 19.2. The fraction of sp³-hybridized carbons (Fsp3) is 0.250. The van der Waals surface area contributed by atoms with Crippen LogP contribution in [-0.4, -0.2) is 35.6 Å². The average Bonchev–Trinajstić information content (AvgIpc) is 2.50. The number of pyridine rings is 1. The monoisotopic (exact) mass is 369 g/mol. The number of carbonyl (C=O) groups excluding carboxylic acids is 1. The number of halogens is 2. The molecule has 0 spiro atoms. The zero-order valence-corrected chi connectivity index (χ0v) is 15.2. The number of nitrogens with zero attached hydrogens (tertiary/aromatic N) is 2. The van der Waals surface area contributed by atoms with Crippen LogP contribution in [0.5, 0.6) is 0 Å². The van der Waals surface area contributed by atoms with Crippen molar-refractivity contribution in [2.45, 2.75) is 11.4 Å². The minimum Gasteiger partial charge on any atom is -0.308 e. The van der Waals surface area contributed by atoms with Crippen molar-refractivity contribution < 1.29 is 4.79 Å². The minimum absolute atomic E-state index is 0.176. The number of benzene rings is 1. The summed E-state index contributed by atoms with van der Waals surface area (Å²) in [5.41, 5.74) is 1.15. The third kappa shape index (κ3) is 5.70. The average molecular weight is 370 g/mol. The van der Waals surface area contributed by atoms with Gasteiger partial charge in [-0.25, -0.2) is 4.98 Å². The molecule has 122 valence electrons. The molecule has 0 fully saturated rings. The predicted octanol–water partition coefficient (Wildman–Crippen LogP) is 4.18. The maximum Gasteiger partial charge on any atom is 0.239 e. The molecule has 0 bridgehead atoms. The van der Waals surface area contributed by atoms with E-state index in [1.807, 2.05) is 18.2 Å². The Hall–Kier alpha value is -1.27. The molecule has 1 aromatic heterocycles. The summed E-state index contributed by atoms with van der Waals surface area (Å²) in [6.45, 7) is 0.925. The number of likely N-dealkylation sites (N-methyl/N-ethyl adjacent to an activating group) is 1. The highest BCUT2D eigenvalue weighted by molar-refractivity contribution is 7.98. The first kappa shape index (κ1) is 18.1. The van der Waals surface area contributed by atoms with Crippen LogP contribution in [0.15, 0.2) is 41.4 Å². The number of amides is 1. The third-order valence-electron chi connectivity index (χ3n) is 3.09. The van der Waals surface area contributed by atoms with E-state index in [1.165, 1.54) is 11.1 Å². The molecule has 1 aromatic carbocycles. The van der Waals surface area contributed by atoms with Gasteiger partial charge >= 0.3 is 0 Å². The molecule has 2 rings (SSSR count). The maximum absolute atomic E-state index is 12.1. The number of thioether (sulfide) groups is 1. The summed E-state index contributed by atoms with van der Waals surface area (Å²) in [5.74, 6) is 0.142. The lowest BCUT2D eigenvalue weighted by molar-refractivity contribution is -0.117. The van der Waals surface area contributed by atoms with E-state index >= 15 is 0 Å². The largest absolute Gasteiger partial charge is 0.308 e. The summed E-state index contributed by atoms with van der Waals surface area (Å²) in [6.07, 6.45) is 3.49. The third-order valence-corrected chi connectivity index (χ3v) is 4.33. The molecule has 2 aromatic rings. The predicted molar refractivity (Wildman–Crippen MR) is 97.4 cm³/mol. The molecule has 7 heteroatoms. The molecule has 0 aliphatic heterocycles. The van der Waals surface area contributed by atoms with E-state index in [1.54, 1.807) is 17.8 Å². The van der Waals surface area contributed by atoms with Gasteiger partial charge in [-0.1, -0.05) is 35.3 Å². The molecule has 23 heavy (non-hydrogen) atoms. The Kier molecular flexibility index (Phi) is 6.72. The molecule has 1 heterocycles. The number of hydrogen-bond acceptors (Lipinski definition) is 4. The number of hydrogen-bond donors (Lipinski definition) is 1. The Labute approximate surface area is 150 Å². The van der Waals surface area contributed by atoms with E-state index in [9.17, 15) is 4.79 Å². The fourth-order valence-electron chi connectivity index (χ4n) is 2.02. The molecule has 0 saturated heterocycles. The summed E-state index contributed by atoms with van der Waals surface area (Å²) in [6, 6.07) is 9.83. The van der Waals surface area contributed by atoms with Crippen LogP contribution >= 0.6 is 35.0 Å². The number of carbonyl (C=O) groups is 1. The zero-order chi connectivity index (χ0) is 16.8. The Bertz CT molecular complexity index is 680. The standard InChI is InChI=1S/C16H17Cl2N3OS/c1-21(9-11-3-5-13(23-2)6-4-11)10-15(22)20-16-14(18)7-12(17)8-19-16/h3-8H,9-10H2,1-2H3,(H,19,20,22). The van der Waals surface area contributed by atoms with Gasteiger partial charge in [0.25, 0.3) is 0 Å². The second-order valence-electron chi connectivity index (χ2n) is 5.05. The molecular weight excluding hydrogens is 353 g/mol. The van der Waals surface area contributed by atoms with E-state index in [4.69, 9.17) is 23.2 Å². The van der Waals surface area contributed by atoms with Gasteiger partial charge in [0.2, 0.25) is 5.91 Å². The lowest BCUT2D eigenvalue weighted by Gasteiger charge is -2.16. The van der Waals surface area contributed by atoms with Crippen molar-refractivity contribution in [2.75, 3.05) is 25.2 Å². The highest BCUT2D eigenvalue weighted by atomic mass is 35.5. The van der Waals surface area contributed by atoms with Crippen LogP contribution in [0.1, 0.15) is 5.56 Å². The molecule has 0 atom stereocenters. The van der Waals surface area contributed by atoms with Crippen molar-refractivity contribution in [1.29, 1.82) is 0 Å². The molecule has 4 nitrogen and oxygen atoms in total. The van der Waals surface area contributed by atoms with Gasteiger partial charge in [-0.15, -0.1) is 11.8 Å². The summed E-state index contributed by atoms with van der Waals surface area (Å²) < 4.78 is 0. The Morgan fingerprint density at radius 1 is 1.30 bits per heavy atom. The normalized spacial score (nSPS) is 10.8. The number of aromatic nitrogens is 1. The molecule has 0 radical (unpaired) electrons. The Morgan fingerprint density at radius 2 is 2.00 bits per heavy atom. The Balaban J connectivity index is 1.88. The van der Waals surface area contributed by atoms with Crippen LogP contribution in [0, 0.1) is 0 Å². The lowest BCUT2D eigenvalue weighted by atomic mass is 10.2. The molecule has 0 aliphatic carbocycles. The van der Waals surface area contributed by atoms with E-state index in [-0.39, 0.29) is 12.5 Å². The quantitative estimate of drug-likeness (QED) is 0.775. The van der Waals surface area contributed by atoms with Crippen LogP contribution in [-0.2, 0) is 11.3 Å². The second-order valence-corrected chi connectivity index (χ2v) is 6.78. The highest BCUT2D eigenvalue weighted by Crippen LogP contribution is 2.22. The van der Waals surface area contributed by atoms with Crippen LogP contribution < -0.4 is 5.32 Å². The molecule has 1 N–H and O–H groups in total. The van der Waals surface area contributed by atoms with Crippen molar-refractivity contribution in [1.82, 2.24) is 9.88 Å². The summed E-state index contributed by atoms with van der Waals surface area (Å²) in [7, 11) is 1.89. The van der Waals surface area contributed by atoms with E-state index in [0.29, 0.717) is 22.4 Å². The number of rotatable bonds is 6. The van der Waals surface area contributed by atoms with E-state index < -0.39 is 0 Å². The summed E-state index contributed by atoms with van der Waals surface area (Å²) in [5, 5.41) is 3.44. The van der Waals surface area contributed by atoms with Gasteiger partial charge in [-0.2, -0.15) is 0 Å². The zero-order valence-electron chi connectivity index (χ0n) is 12.8. The number of anilines is 1. The SMILES string of the molecule is CSc1ccc(CN(C)CC(=O)Nc2ncc(Cl)cc2Cl)cc1.